The van der Waals surface area contributed by atoms with Crippen LogP contribution in [0.25, 0.3) is 0 Å². The van der Waals surface area contributed by atoms with Crippen molar-refractivity contribution in [3.05, 3.63) is 0 Å². The molecule has 0 aromatic carbocycles. The highest BCUT2D eigenvalue weighted by molar-refractivity contribution is 5.80. The first-order valence-electron chi connectivity index (χ1n) is 5.35. The van der Waals surface area contributed by atoms with Gasteiger partial charge in [0.2, 0.25) is 5.91 Å². The minimum atomic E-state index is -0.393. The lowest BCUT2D eigenvalue weighted by Crippen LogP contribution is -2.58. The second kappa shape index (κ2) is 4.67. The van der Waals surface area contributed by atoms with E-state index in [1.165, 1.54) is 0 Å². The van der Waals surface area contributed by atoms with Gasteiger partial charge in [0.15, 0.2) is 0 Å². The summed E-state index contributed by atoms with van der Waals surface area (Å²) in [6.45, 7) is 3.16. The molecule has 2 aliphatic rings. The molecule has 7 heteroatoms. The first-order chi connectivity index (χ1) is 7.66. The van der Waals surface area contributed by atoms with E-state index in [9.17, 15) is 9.59 Å². The van der Waals surface area contributed by atoms with Crippen LogP contribution in [0.4, 0.5) is 4.79 Å². The number of carbonyl (C=O) groups is 2. The first kappa shape index (κ1) is 11.2. The van der Waals surface area contributed by atoms with Crippen molar-refractivity contribution in [2.75, 3.05) is 32.7 Å². The summed E-state index contributed by atoms with van der Waals surface area (Å²) < 4.78 is 5.03. The van der Waals surface area contributed by atoms with Crippen LogP contribution in [0, 0.1) is 0 Å². The smallest absolute Gasteiger partial charge is 0.407 e. The van der Waals surface area contributed by atoms with Gasteiger partial charge in [-0.25, -0.2) is 4.79 Å². The van der Waals surface area contributed by atoms with E-state index in [0.29, 0.717) is 19.6 Å². The molecule has 16 heavy (non-hydrogen) atoms. The first-order valence-corrected chi connectivity index (χ1v) is 5.35. The quantitative estimate of drug-likeness (QED) is 0.512. The number of hydrogen-bond acceptors (Lipinski definition) is 5. The van der Waals surface area contributed by atoms with Crippen molar-refractivity contribution in [1.29, 1.82) is 0 Å². The van der Waals surface area contributed by atoms with Crippen LogP contribution < -0.4 is 16.4 Å². The standard InChI is InChI=1S/C9H16N4O3/c10-8(14)7-4-11-1-2-13(7)5-6-3-12-9(15)16-6/h6-7,11H,1-5H2,(H2,10,14)(H,12,15). The largest absolute Gasteiger partial charge is 0.443 e. The maximum atomic E-state index is 11.2. The van der Waals surface area contributed by atoms with Gasteiger partial charge in [-0.1, -0.05) is 0 Å². The molecule has 7 nitrogen and oxygen atoms in total. The number of primary amides is 1. The Labute approximate surface area is 93.3 Å². The van der Waals surface area contributed by atoms with Crippen LogP contribution >= 0.6 is 0 Å². The Bertz CT molecular complexity index is 296. The van der Waals surface area contributed by atoms with E-state index in [0.717, 1.165) is 13.1 Å². The molecule has 0 spiro atoms. The van der Waals surface area contributed by atoms with Gasteiger partial charge in [-0.05, 0) is 0 Å². The fourth-order valence-electron chi connectivity index (χ4n) is 2.04. The predicted molar refractivity (Wildman–Crippen MR) is 55.7 cm³/mol. The minimum Gasteiger partial charge on any atom is -0.443 e. The molecule has 0 bridgehead atoms. The van der Waals surface area contributed by atoms with Gasteiger partial charge in [-0.3, -0.25) is 9.69 Å². The molecule has 4 N–H and O–H groups in total. The predicted octanol–water partition coefficient (Wildman–Crippen LogP) is -2.15. The lowest BCUT2D eigenvalue weighted by atomic mass is 10.1. The molecule has 2 fully saturated rings. The maximum absolute atomic E-state index is 11.2. The number of nitrogens with one attached hydrogen (secondary N) is 2. The molecule has 90 valence electrons. The van der Waals surface area contributed by atoms with Crippen molar-refractivity contribution in [2.24, 2.45) is 5.73 Å². The Hall–Kier alpha value is -1.34. The van der Waals surface area contributed by atoms with Gasteiger partial charge in [0.05, 0.1) is 6.54 Å². The van der Waals surface area contributed by atoms with Crippen molar-refractivity contribution in [3.8, 4) is 0 Å². The normalized spacial score (nSPS) is 30.9. The summed E-state index contributed by atoms with van der Waals surface area (Å²) >= 11 is 0. The molecule has 2 heterocycles. The lowest BCUT2D eigenvalue weighted by Gasteiger charge is -2.34. The Kier molecular flexibility index (Phi) is 3.25. The number of carbonyl (C=O) groups excluding carboxylic acids is 2. The number of nitrogens with two attached hydrogens (primary N) is 1. The third-order valence-corrected chi connectivity index (χ3v) is 2.87. The lowest BCUT2D eigenvalue weighted by molar-refractivity contribution is -0.124. The third-order valence-electron chi connectivity index (χ3n) is 2.87. The van der Waals surface area contributed by atoms with Crippen molar-refractivity contribution < 1.29 is 14.3 Å². The molecule has 2 saturated heterocycles. The van der Waals surface area contributed by atoms with E-state index >= 15 is 0 Å². The molecule has 0 aromatic heterocycles. The second-order valence-corrected chi connectivity index (χ2v) is 4.03. The van der Waals surface area contributed by atoms with E-state index in [1.807, 2.05) is 4.90 Å². The topological polar surface area (TPSA) is 96.7 Å². The summed E-state index contributed by atoms with van der Waals surface area (Å²) in [5, 5.41) is 5.70. The van der Waals surface area contributed by atoms with Gasteiger partial charge in [0.25, 0.3) is 0 Å². The highest BCUT2D eigenvalue weighted by atomic mass is 16.6. The summed E-state index contributed by atoms with van der Waals surface area (Å²) in [6, 6.07) is -0.312. The van der Waals surface area contributed by atoms with Crippen LogP contribution in [-0.4, -0.2) is 61.8 Å². The molecule has 2 aliphatic heterocycles. The van der Waals surface area contributed by atoms with Crippen LogP contribution in [0.2, 0.25) is 0 Å². The molecule has 2 amide bonds. The minimum absolute atomic E-state index is 0.188. The molecule has 0 saturated carbocycles. The molecule has 0 aliphatic carbocycles. The fourth-order valence-corrected chi connectivity index (χ4v) is 2.04. The zero-order valence-electron chi connectivity index (χ0n) is 8.94. The highest BCUT2D eigenvalue weighted by Gasteiger charge is 2.31. The monoisotopic (exact) mass is 228 g/mol. The van der Waals surface area contributed by atoms with Crippen molar-refractivity contribution in [3.63, 3.8) is 0 Å². The van der Waals surface area contributed by atoms with Gasteiger partial charge in [-0.15, -0.1) is 0 Å². The van der Waals surface area contributed by atoms with Gasteiger partial charge in [0, 0.05) is 26.2 Å². The van der Waals surface area contributed by atoms with Gasteiger partial charge in [-0.2, -0.15) is 0 Å². The average molecular weight is 228 g/mol. The number of hydrogen-bond donors (Lipinski definition) is 3. The number of nitrogens with zero attached hydrogens (tertiary/aromatic N) is 1. The number of alkyl carbamates (subject to hydrolysis) is 1. The number of ether oxygens (including phenoxy) is 1. The zero-order valence-corrected chi connectivity index (χ0v) is 8.94. The Balaban J connectivity index is 1.91. The molecule has 0 aromatic rings. The van der Waals surface area contributed by atoms with Crippen LogP contribution in [0.15, 0.2) is 0 Å². The van der Waals surface area contributed by atoms with E-state index < -0.39 is 6.09 Å². The second-order valence-electron chi connectivity index (χ2n) is 4.03. The van der Waals surface area contributed by atoms with Gasteiger partial charge in [0.1, 0.15) is 12.1 Å². The van der Waals surface area contributed by atoms with Crippen molar-refractivity contribution >= 4 is 12.0 Å². The fraction of sp³-hybridized carbons (Fsp3) is 0.778. The van der Waals surface area contributed by atoms with Crippen molar-refractivity contribution in [2.45, 2.75) is 12.1 Å². The molecular formula is C9H16N4O3. The number of cyclic esters (lactones) is 1. The molecular weight excluding hydrogens is 212 g/mol. The van der Waals surface area contributed by atoms with Gasteiger partial charge >= 0.3 is 6.09 Å². The zero-order chi connectivity index (χ0) is 11.5. The van der Waals surface area contributed by atoms with E-state index in [2.05, 4.69) is 10.6 Å². The molecule has 2 rings (SSSR count). The van der Waals surface area contributed by atoms with Crippen LogP contribution in [0.3, 0.4) is 0 Å². The van der Waals surface area contributed by atoms with E-state index in [1.54, 1.807) is 0 Å². The SMILES string of the molecule is NC(=O)C1CNCCN1CC1CNC(=O)O1. The summed E-state index contributed by atoms with van der Waals surface area (Å²) in [4.78, 5) is 24.0. The summed E-state index contributed by atoms with van der Waals surface area (Å²) in [7, 11) is 0. The molecule has 0 radical (unpaired) electrons. The highest BCUT2D eigenvalue weighted by Crippen LogP contribution is 2.08. The van der Waals surface area contributed by atoms with Crippen LogP contribution in [0.5, 0.6) is 0 Å². The number of piperazine rings is 1. The summed E-state index contributed by atoms with van der Waals surface area (Å²) in [5.74, 6) is -0.343. The summed E-state index contributed by atoms with van der Waals surface area (Å²) in [5.41, 5.74) is 5.32. The van der Waals surface area contributed by atoms with Crippen molar-refractivity contribution in [1.82, 2.24) is 15.5 Å². The van der Waals surface area contributed by atoms with Crippen LogP contribution in [-0.2, 0) is 9.53 Å². The van der Waals surface area contributed by atoms with Crippen LogP contribution in [0.1, 0.15) is 0 Å². The Morgan fingerprint density at radius 1 is 1.56 bits per heavy atom. The van der Waals surface area contributed by atoms with Gasteiger partial charge < -0.3 is 21.1 Å². The van der Waals surface area contributed by atoms with E-state index in [4.69, 9.17) is 10.5 Å². The Morgan fingerprint density at radius 3 is 3.00 bits per heavy atom. The molecule has 2 unspecified atom stereocenters. The number of amides is 2. The maximum Gasteiger partial charge on any atom is 0.407 e. The number of rotatable bonds is 3. The summed E-state index contributed by atoms with van der Waals surface area (Å²) in [6.07, 6.45) is -0.580. The molecule has 2 atom stereocenters. The van der Waals surface area contributed by atoms with E-state index in [-0.39, 0.29) is 18.1 Å². The third kappa shape index (κ3) is 2.42. The Morgan fingerprint density at radius 2 is 2.38 bits per heavy atom. The average Bonchev–Trinajstić information content (AvgIpc) is 2.64.